The van der Waals surface area contributed by atoms with E-state index in [2.05, 4.69) is 23.2 Å². The smallest absolute Gasteiger partial charge is 0.270 e. The van der Waals surface area contributed by atoms with Crippen LogP contribution in [-0.2, 0) is 6.42 Å². The lowest BCUT2D eigenvalue weighted by molar-refractivity contribution is 0.0990. The molecular formula is C23H23N3O2S. The van der Waals surface area contributed by atoms with E-state index in [0.717, 1.165) is 27.7 Å². The van der Waals surface area contributed by atoms with Crippen molar-refractivity contribution in [3.63, 3.8) is 0 Å². The van der Waals surface area contributed by atoms with Crippen LogP contribution >= 0.6 is 11.3 Å². The summed E-state index contributed by atoms with van der Waals surface area (Å²) in [4.78, 5) is 20.2. The summed E-state index contributed by atoms with van der Waals surface area (Å²) in [5, 5.41) is 9.94. The third kappa shape index (κ3) is 5.21. The van der Waals surface area contributed by atoms with E-state index >= 15 is 0 Å². The summed E-state index contributed by atoms with van der Waals surface area (Å²) in [5.74, 6) is 0.627. The molecule has 2 aromatic carbocycles. The maximum atomic E-state index is 13.3. The van der Waals surface area contributed by atoms with E-state index in [0.29, 0.717) is 24.4 Å². The van der Waals surface area contributed by atoms with Gasteiger partial charge in [-0.05, 0) is 43.7 Å². The van der Waals surface area contributed by atoms with Gasteiger partial charge in [0.15, 0.2) is 0 Å². The molecule has 0 fully saturated rings. The molecule has 0 unspecified atom stereocenters. The van der Waals surface area contributed by atoms with Crippen molar-refractivity contribution in [2.24, 2.45) is 0 Å². The molecule has 6 heteroatoms. The standard InChI is InChI=1S/C23H23N3O2S/c1-3-28-20-12-10-19(11-13-20)26(15-7-14-24)23(27)22-17(2)25-21(29-22)16-18-8-5-4-6-9-18/h4-6,8-13H,3,7,15-16H2,1-2H3. The van der Waals surface area contributed by atoms with Gasteiger partial charge in [-0.3, -0.25) is 4.79 Å². The van der Waals surface area contributed by atoms with E-state index in [1.807, 2.05) is 56.3 Å². The Morgan fingerprint density at radius 3 is 2.55 bits per heavy atom. The van der Waals surface area contributed by atoms with Crippen LogP contribution in [0.1, 0.15) is 39.3 Å². The van der Waals surface area contributed by atoms with Crippen molar-refractivity contribution in [1.82, 2.24) is 4.98 Å². The Morgan fingerprint density at radius 2 is 1.90 bits per heavy atom. The van der Waals surface area contributed by atoms with Gasteiger partial charge in [-0.2, -0.15) is 5.26 Å². The van der Waals surface area contributed by atoms with Gasteiger partial charge >= 0.3 is 0 Å². The molecule has 1 heterocycles. The number of nitriles is 1. The Balaban J connectivity index is 1.85. The van der Waals surface area contributed by atoms with E-state index in [9.17, 15) is 4.79 Å². The second kappa shape index (κ2) is 9.85. The molecule has 0 aliphatic carbocycles. The number of hydrogen-bond acceptors (Lipinski definition) is 5. The first-order valence-corrected chi connectivity index (χ1v) is 10.4. The minimum atomic E-state index is -0.126. The molecule has 0 saturated heterocycles. The molecule has 0 N–H and O–H groups in total. The van der Waals surface area contributed by atoms with Crippen LogP contribution in [0, 0.1) is 18.3 Å². The SMILES string of the molecule is CCOc1ccc(N(CCC#N)C(=O)c2sc(Cc3ccccc3)nc2C)cc1. The lowest BCUT2D eigenvalue weighted by Gasteiger charge is -2.21. The summed E-state index contributed by atoms with van der Waals surface area (Å²) in [5.41, 5.74) is 2.62. The first kappa shape index (κ1) is 20.6. The summed E-state index contributed by atoms with van der Waals surface area (Å²) < 4.78 is 5.48. The van der Waals surface area contributed by atoms with E-state index in [1.54, 1.807) is 4.90 Å². The summed E-state index contributed by atoms with van der Waals surface area (Å²) >= 11 is 1.42. The van der Waals surface area contributed by atoms with Gasteiger partial charge in [0.25, 0.3) is 5.91 Å². The van der Waals surface area contributed by atoms with E-state index in [4.69, 9.17) is 10.00 Å². The number of carbonyl (C=O) groups excluding carboxylic acids is 1. The number of rotatable bonds is 8. The summed E-state index contributed by atoms with van der Waals surface area (Å²) in [6.07, 6.45) is 0.953. The molecule has 1 aromatic heterocycles. The van der Waals surface area contributed by atoms with Crippen molar-refractivity contribution in [3.05, 3.63) is 75.7 Å². The fourth-order valence-corrected chi connectivity index (χ4v) is 4.07. The second-order valence-corrected chi connectivity index (χ2v) is 7.56. The molecule has 1 amide bonds. The van der Waals surface area contributed by atoms with Crippen LogP contribution in [0.15, 0.2) is 54.6 Å². The van der Waals surface area contributed by atoms with Crippen molar-refractivity contribution < 1.29 is 9.53 Å². The normalized spacial score (nSPS) is 10.4. The molecule has 0 spiro atoms. The quantitative estimate of drug-likeness (QED) is 0.529. The highest BCUT2D eigenvalue weighted by molar-refractivity contribution is 7.14. The Bertz CT molecular complexity index is 991. The third-order valence-electron chi connectivity index (χ3n) is 4.39. The van der Waals surface area contributed by atoms with Gasteiger partial charge in [-0.25, -0.2) is 4.98 Å². The number of carbonyl (C=O) groups is 1. The van der Waals surface area contributed by atoms with Gasteiger partial charge in [-0.15, -0.1) is 11.3 Å². The number of amides is 1. The predicted octanol–water partition coefficient (Wildman–Crippen LogP) is 5.00. The first-order valence-electron chi connectivity index (χ1n) is 9.54. The molecule has 3 aromatic rings. The van der Waals surface area contributed by atoms with Gasteiger partial charge in [0.05, 0.1) is 29.8 Å². The molecular weight excluding hydrogens is 382 g/mol. The van der Waals surface area contributed by atoms with Gasteiger partial charge in [-0.1, -0.05) is 30.3 Å². The Morgan fingerprint density at radius 1 is 1.17 bits per heavy atom. The third-order valence-corrected chi connectivity index (χ3v) is 5.53. The fourth-order valence-electron chi connectivity index (χ4n) is 3.02. The highest BCUT2D eigenvalue weighted by atomic mass is 32.1. The zero-order valence-electron chi connectivity index (χ0n) is 16.6. The summed E-state index contributed by atoms with van der Waals surface area (Å²) in [6.45, 7) is 4.70. The summed E-state index contributed by atoms with van der Waals surface area (Å²) in [7, 11) is 0. The molecule has 0 atom stereocenters. The number of nitrogens with zero attached hydrogens (tertiary/aromatic N) is 3. The zero-order chi connectivity index (χ0) is 20.6. The second-order valence-electron chi connectivity index (χ2n) is 6.48. The zero-order valence-corrected chi connectivity index (χ0v) is 17.4. The van der Waals surface area contributed by atoms with Crippen LogP contribution in [0.5, 0.6) is 5.75 Å². The average Bonchev–Trinajstić information content (AvgIpc) is 3.10. The topological polar surface area (TPSA) is 66.2 Å². The first-order chi connectivity index (χ1) is 14.1. The minimum absolute atomic E-state index is 0.126. The molecule has 0 radical (unpaired) electrons. The van der Waals surface area contributed by atoms with Crippen molar-refractivity contribution in [1.29, 1.82) is 5.26 Å². The number of hydrogen-bond donors (Lipinski definition) is 0. The highest BCUT2D eigenvalue weighted by Gasteiger charge is 2.23. The maximum absolute atomic E-state index is 13.3. The van der Waals surface area contributed by atoms with Crippen LogP contribution in [0.4, 0.5) is 5.69 Å². The Kier molecular flexibility index (Phi) is 6.99. The number of anilines is 1. The van der Waals surface area contributed by atoms with Crippen molar-refractivity contribution in [3.8, 4) is 11.8 Å². The number of ether oxygens (including phenoxy) is 1. The molecule has 29 heavy (non-hydrogen) atoms. The lowest BCUT2D eigenvalue weighted by atomic mass is 10.2. The summed E-state index contributed by atoms with van der Waals surface area (Å²) in [6, 6.07) is 19.6. The largest absolute Gasteiger partial charge is 0.494 e. The monoisotopic (exact) mass is 405 g/mol. The number of aromatic nitrogens is 1. The Hall–Kier alpha value is -3.17. The van der Waals surface area contributed by atoms with E-state index in [1.165, 1.54) is 11.3 Å². The van der Waals surface area contributed by atoms with Gasteiger partial charge in [0.1, 0.15) is 10.6 Å². The highest BCUT2D eigenvalue weighted by Crippen LogP contribution is 2.26. The molecule has 0 aliphatic heterocycles. The van der Waals surface area contributed by atoms with Gasteiger partial charge < -0.3 is 9.64 Å². The molecule has 3 rings (SSSR count). The van der Waals surface area contributed by atoms with Crippen LogP contribution in [0.25, 0.3) is 0 Å². The number of thiazole rings is 1. The van der Waals surface area contributed by atoms with Crippen LogP contribution < -0.4 is 9.64 Å². The maximum Gasteiger partial charge on any atom is 0.270 e. The van der Waals surface area contributed by atoms with E-state index in [-0.39, 0.29) is 12.3 Å². The average molecular weight is 406 g/mol. The van der Waals surface area contributed by atoms with Gasteiger partial charge in [0.2, 0.25) is 0 Å². The van der Waals surface area contributed by atoms with Crippen LogP contribution in [-0.4, -0.2) is 24.0 Å². The van der Waals surface area contributed by atoms with Crippen molar-refractivity contribution in [2.45, 2.75) is 26.7 Å². The van der Waals surface area contributed by atoms with Gasteiger partial charge in [0, 0.05) is 18.7 Å². The minimum Gasteiger partial charge on any atom is -0.494 e. The molecule has 0 aliphatic rings. The number of aryl methyl sites for hydroxylation is 1. The molecule has 0 saturated carbocycles. The van der Waals surface area contributed by atoms with Crippen LogP contribution in [0.3, 0.4) is 0 Å². The predicted molar refractivity (Wildman–Crippen MR) is 116 cm³/mol. The van der Waals surface area contributed by atoms with Crippen molar-refractivity contribution >= 4 is 22.9 Å². The van der Waals surface area contributed by atoms with Crippen LogP contribution in [0.2, 0.25) is 0 Å². The molecule has 148 valence electrons. The Labute approximate surface area is 175 Å². The van der Waals surface area contributed by atoms with E-state index < -0.39 is 0 Å². The number of benzene rings is 2. The lowest BCUT2D eigenvalue weighted by Crippen LogP contribution is -2.31. The van der Waals surface area contributed by atoms with Crippen molar-refractivity contribution in [2.75, 3.05) is 18.1 Å². The molecule has 0 bridgehead atoms. The molecule has 5 nitrogen and oxygen atoms in total. The fraction of sp³-hybridized carbons (Fsp3) is 0.261.